The van der Waals surface area contributed by atoms with Gasteiger partial charge in [0.1, 0.15) is 10.8 Å². The first-order valence-corrected chi connectivity index (χ1v) is 7.26. The molecule has 3 N–H and O–H groups in total. The average Bonchev–Trinajstić information content (AvgIpc) is 2.81. The largest absolute Gasteiger partial charge is 0.494 e. The molecule has 0 atom stereocenters. The molecule has 118 valence electrons. The molecular weight excluding hydrogens is 341 g/mol. The lowest BCUT2D eigenvalue weighted by atomic mass is 10.1. The number of carbonyl (C=O) groups excluding carboxylic acids is 1. The maximum absolute atomic E-state index is 12.8. The normalized spacial score (nSPS) is 11.1. The molecular formula is C14H11Cl2N5O2. The van der Waals surface area contributed by atoms with Crippen molar-refractivity contribution in [3.05, 3.63) is 39.3 Å². The molecule has 0 saturated heterocycles. The van der Waals surface area contributed by atoms with Crippen LogP contribution in [0, 0.1) is 13.8 Å². The van der Waals surface area contributed by atoms with Crippen molar-refractivity contribution in [2.24, 2.45) is 0 Å². The Bertz CT molecular complexity index is 968. The number of aryl methyl sites for hydroxylation is 1. The fourth-order valence-electron chi connectivity index (χ4n) is 2.28. The number of nitrogen functional groups attached to an aromatic ring is 1. The van der Waals surface area contributed by atoms with Crippen LogP contribution in [0.2, 0.25) is 10.2 Å². The third-order valence-electron chi connectivity index (χ3n) is 3.43. The van der Waals surface area contributed by atoms with E-state index in [1.165, 1.54) is 12.3 Å². The first-order valence-electron chi connectivity index (χ1n) is 6.51. The molecule has 0 aliphatic rings. The van der Waals surface area contributed by atoms with E-state index in [1.807, 2.05) is 0 Å². The number of hydrogen-bond donors (Lipinski definition) is 2. The Hall–Kier alpha value is -2.38. The summed E-state index contributed by atoms with van der Waals surface area (Å²) >= 11 is 12.1. The molecule has 3 aromatic rings. The zero-order valence-electron chi connectivity index (χ0n) is 12.1. The highest BCUT2D eigenvalue weighted by molar-refractivity contribution is 6.34. The van der Waals surface area contributed by atoms with Crippen molar-refractivity contribution in [1.82, 2.24) is 19.5 Å². The van der Waals surface area contributed by atoms with Crippen LogP contribution in [0.5, 0.6) is 5.88 Å². The molecule has 0 radical (unpaired) electrons. The maximum atomic E-state index is 12.8. The Morgan fingerprint density at radius 2 is 2.00 bits per heavy atom. The number of rotatable bonds is 1. The highest BCUT2D eigenvalue weighted by Gasteiger charge is 2.23. The van der Waals surface area contributed by atoms with Gasteiger partial charge in [-0.25, -0.2) is 9.55 Å². The van der Waals surface area contributed by atoms with E-state index < -0.39 is 5.91 Å². The van der Waals surface area contributed by atoms with E-state index in [4.69, 9.17) is 28.9 Å². The molecule has 7 nitrogen and oxygen atoms in total. The van der Waals surface area contributed by atoms with Crippen molar-refractivity contribution in [2.45, 2.75) is 13.8 Å². The fourth-order valence-corrected chi connectivity index (χ4v) is 2.64. The number of carbonyl (C=O) groups is 1. The van der Waals surface area contributed by atoms with Crippen molar-refractivity contribution in [3.63, 3.8) is 0 Å². The van der Waals surface area contributed by atoms with Crippen LogP contribution in [0.3, 0.4) is 0 Å². The Kier molecular flexibility index (Phi) is 3.62. The van der Waals surface area contributed by atoms with E-state index in [0.29, 0.717) is 16.0 Å². The predicted molar refractivity (Wildman–Crippen MR) is 87.1 cm³/mol. The minimum absolute atomic E-state index is 0.0426. The van der Waals surface area contributed by atoms with Crippen molar-refractivity contribution >= 4 is 46.1 Å². The van der Waals surface area contributed by atoms with Crippen LogP contribution in [-0.4, -0.2) is 30.5 Å². The van der Waals surface area contributed by atoms with Crippen molar-refractivity contribution in [3.8, 4) is 5.88 Å². The standard InChI is InChI=1S/C14H11Cl2N5O2/c1-5-4-18-10(6(2)9(5)15)13(23)21-8(22)3-7-11(16)19-14(17)20-12(7)21/h3-4,22H,1-2H3,(H2,17,19,20). The Morgan fingerprint density at radius 1 is 1.30 bits per heavy atom. The fraction of sp³-hybridized carbons (Fsp3) is 0.143. The lowest BCUT2D eigenvalue weighted by Gasteiger charge is -2.09. The molecule has 3 aromatic heterocycles. The van der Waals surface area contributed by atoms with Gasteiger partial charge in [-0.1, -0.05) is 23.2 Å². The van der Waals surface area contributed by atoms with Crippen LogP contribution in [0.15, 0.2) is 12.3 Å². The van der Waals surface area contributed by atoms with Gasteiger partial charge in [0.25, 0.3) is 5.91 Å². The summed E-state index contributed by atoms with van der Waals surface area (Å²) in [5.41, 5.74) is 7.02. The van der Waals surface area contributed by atoms with E-state index >= 15 is 0 Å². The topological polar surface area (TPSA) is 107 Å². The molecule has 0 amide bonds. The van der Waals surface area contributed by atoms with Gasteiger partial charge >= 0.3 is 0 Å². The SMILES string of the molecule is Cc1cnc(C(=O)n2c(O)cc3c(Cl)nc(N)nc32)c(C)c1Cl. The second-order valence-corrected chi connectivity index (χ2v) is 5.72. The highest BCUT2D eigenvalue weighted by Crippen LogP contribution is 2.30. The van der Waals surface area contributed by atoms with Gasteiger partial charge in [0.2, 0.25) is 11.8 Å². The van der Waals surface area contributed by atoms with E-state index in [-0.39, 0.29) is 28.3 Å². The Labute approximate surface area is 140 Å². The lowest BCUT2D eigenvalue weighted by Crippen LogP contribution is -2.16. The minimum atomic E-state index is -0.592. The van der Waals surface area contributed by atoms with Crippen molar-refractivity contribution < 1.29 is 9.90 Å². The lowest BCUT2D eigenvalue weighted by molar-refractivity contribution is 0.0950. The average molecular weight is 352 g/mol. The van der Waals surface area contributed by atoms with Crippen LogP contribution in [0.4, 0.5) is 5.95 Å². The molecule has 3 rings (SSSR count). The smallest absolute Gasteiger partial charge is 0.285 e. The summed E-state index contributed by atoms with van der Waals surface area (Å²) in [5, 5.41) is 10.9. The highest BCUT2D eigenvalue weighted by atomic mass is 35.5. The van der Waals surface area contributed by atoms with Gasteiger partial charge in [0.05, 0.1) is 10.4 Å². The predicted octanol–water partition coefficient (Wildman–Crippen LogP) is 2.73. The number of aromatic hydroxyl groups is 1. The van der Waals surface area contributed by atoms with Gasteiger partial charge in [0, 0.05) is 12.3 Å². The maximum Gasteiger partial charge on any atom is 0.285 e. The number of anilines is 1. The van der Waals surface area contributed by atoms with E-state index in [0.717, 1.165) is 10.1 Å². The van der Waals surface area contributed by atoms with Crippen LogP contribution < -0.4 is 5.73 Å². The first-order chi connectivity index (χ1) is 10.8. The molecule has 9 heteroatoms. The van der Waals surface area contributed by atoms with Gasteiger partial charge in [-0.2, -0.15) is 4.98 Å². The van der Waals surface area contributed by atoms with Gasteiger partial charge < -0.3 is 10.8 Å². The number of fused-ring (bicyclic) bond motifs is 1. The van der Waals surface area contributed by atoms with Crippen LogP contribution >= 0.6 is 23.2 Å². The molecule has 0 aliphatic carbocycles. The second-order valence-electron chi connectivity index (χ2n) is 4.98. The number of aromatic nitrogens is 4. The number of hydrogen-bond acceptors (Lipinski definition) is 6. The molecule has 0 bridgehead atoms. The van der Waals surface area contributed by atoms with Crippen LogP contribution in [0.25, 0.3) is 11.0 Å². The van der Waals surface area contributed by atoms with E-state index in [2.05, 4.69) is 15.0 Å². The Balaban J connectivity index is 2.27. The number of halogens is 2. The van der Waals surface area contributed by atoms with E-state index in [9.17, 15) is 9.90 Å². The first kappa shape index (κ1) is 15.5. The minimum Gasteiger partial charge on any atom is -0.494 e. The van der Waals surface area contributed by atoms with Crippen LogP contribution in [-0.2, 0) is 0 Å². The number of pyridine rings is 1. The molecule has 23 heavy (non-hydrogen) atoms. The zero-order valence-corrected chi connectivity index (χ0v) is 13.6. The molecule has 3 heterocycles. The molecule has 0 fully saturated rings. The molecule has 0 saturated carbocycles. The molecule has 0 aliphatic heterocycles. The third-order valence-corrected chi connectivity index (χ3v) is 4.30. The van der Waals surface area contributed by atoms with Crippen LogP contribution in [0.1, 0.15) is 21.6 Å². The number of nitrogens with two attached hydrogens (primary N) is 1. The summed E-state index contributed by atoms with van der Waals surface area (Å²) in [6, 6.07) is 1.29. The third kappa shape index (κ3) is 2.38. The zero-order chi connectivity index (χ0) is 16.9. The summed E-state index contributed by atoms with van der Waals surface area (Å²) in [5.74, 6) is -1.04. The van der Waals surface area contributed by atoms with Gasteiger partial charge in [0.15, 0.2) is 5.65 Å². The summed E-state index contributed by atoms with van der Waals surface area (Å²) in [6.45, 7) is 3.46. The molecule has 0 unspecified atom stereocenters. The van der Waals surface area contributed by atoms with Gasteiger partial charge in [-0.3, -0.25) is 9.78 Å². The summed E-state index contributed by atoms with van der Waals surface area (Å²) in [4.78, 5) is 24.7. The Morgan fingerprint density at radius 3 is 2.70 bits per heavy atom. The van der Waals surface area contributed by atoms with Gasteiger partial charge in [-0.15, -0.1) is 0 Å². The van der Waals surface area contributed by atoms with E-state index in [1.54, 1.807) is 13.8 Å². The summed E-state index contributed by atoms with van der Waals surface area (Å²) in [7, 11) is 0. The second kappa shape index (κ2) is 5.36. The summed E-state index contributed by atoms with van der Waals surface area (Å²) in [6.07, 6.45) is 1.49. The van der Waals surface area contributed by atoms with Crippen molar-refractivity contribution in [1.29, 1.82) is 0 Å². The van der Waals surface area contributed by atoms with Gasteiger partial charge in [-0.05, 0) is 25.0 Å². The number of nitrogens with zero attached hydrogens (tertiary/aromatic N) is 4. The molecule has 0 spiro atoms. The quantitative estimate of drug-likeness (QED) is 0.652. The molecule has 0 aromatic carbocycles. The van der Waals surface area contributed by atoms with Crippen molar-refractivity contribution in [2.75, 3.05) is 5.73 Å². The monoisotopic (exact) mass is 351 g/mol. The summed E-state index contributed by atoms with van der Waals surface area (Å²) < 4.78 is 0.972.